The summed E-state index contributed by atoms with van der Waals surface area (Å²) < 4.78 is 29.7. The number of aromatic nitrogens is 1. The lowest BCUT2D eigenvalue weighted by Gasteiger charge is -2.13. The molecule has 1 amide bonds. The molecule has 2 heterocycles. The van der Waals surface area contributed by atoms with Gasteiger partial charge in [-0.05, 0) is 82.8 Å². The van der Waals surface area contributed by atoms with Crippen molar-refractivity contribution in [3.63, 3.8) is 0 Å². The third-order valence-electron chi connectivity index (χ3n) is 6.21. The Balaban J connectivity index is 1.54. The van der Waals surface area contributed by atoms with Crippen LogP contribution in [0.2, 0.25) is 5.02 Å². The van der Waals surface area contributed by atoms with Gasteiger partial charge in [-0.3, -0.25) is 4.79 Å². The van der Waals surface area contributed by atoms with Crippen LogP contribution < -0.4 is 5.32 Å². The average molecular weight is 531 g/mol. The maximum absolute atomic E-state index is 14.0. The molecule has 0 saturated heterocycles. The minimum atomic E-state index is -1.03. The molecular weight excluding hydrogens is 510 g/mol. The standard InChI is InChI=1S/C30H21ClF2N2O3/c31-24-3-1-2-19(11-24)10-21-8-9-35-17-23(22-12-25(32)15-26(33)13-22)14-27(28(21)35)29(36)34-16-18-4-6-20(7-5-18)30(37)38/h1-9,11-15,17H,10,16H2,(H,34,36)(H,37,38). The van der Waals surface area contributed by atoms with Crippen LogP contribution in [0.1, 0.15) is 37.4 Å². The summed E-state index contributed by atoms with van der Waals surface area (Å²) in [6, 6.07) is 20.4. The van der Waals surface area contributed by atoms with Gasteiger partial charge in [-0.15, -0.1) is 0 Å². The Morgan fingerprint density at radius 3 is 2.29 bits per heavy atom. The summed E-state index contributed by atoms with van der Waals surface area (Å²) in [7, 11) is 0. The Labute approximate surface area is 221 Å². The number of halogens is 3. The quantitative estimate of drug-likeness (QED) is 0.244. The van der Waals surface area contributed by atoms with E-state index in [1.165, 1.54) is 24.3 Å². The van der Waals surface area contributed by atoms with Gasteiger partial charge in [-0.25, -0.2) is 13.6 Å². The second-order valence-electron chi connectivity index (χ2n) is 8.89. The first-order valence-corrected chi connectivity index (χ1v) is 12.1. The van der Waals surface area contributed by atoms with E-state index >= 15 is 0 Å². The van der Waals surface area contributed by atoms with E-state index in [4.69, 9.17) is 16.7 Å². The van der Waals surface area contributed by atoms with E-state index in [0.717, 1.165) is 22.8 Å². The monoisotopic (exact) mass is 530 g/mol. The first kappa shape index (κ1) is 25.2. The molecule has 0 spiro atoms. The van der Waals surface area contributed by atoms with E-state index in [9.17, 15) is 18.4 Å². The molecule has 190 valence electrons. The van der Waals surface area contributed by atoms with Crippen LogP contribution in [-0.4, -0.2) is 21.4 Å². The van der Waals surface area contributed by atoms with Gasteiger partial charge < -0.3 is 14.8 Å². The van der Waals surface area contributed by atoms with Crippen molar-refractivity contribution in [1.82, 2.24) is 9.72 Å². The molecule has 0 unspecified atom stereocenters. The lowest BCUT2D eigenvalue weighted by molar-refractivity contribution is 0.0696. The fourth-order valence-electron chi connectivity index (χ4n) is 4.42. The van der Waals surface area contributed by atoms with Gasteiger partial charge in [0.15, 0.2) is 0 Å². The summed E-state index contributed by atoms with van der Waals surface area (Å²) in [5, 5.41) is 12.6. The van der Waals surface area contributed by atoms with Crippen molar-refractivity contribution in [2.45, 2.75) is 13.0 Å². The van der Waals surface area contributed by atoms with E-state index in [0.29, 0.717) is 33.7 Å². The lowest BCUT2D eigenvalue weighted by Crippen LogP contribution is -2.23. The fraction of sp³-hybridized carbons (Fsp3) is 0.0667. The number of carboxylic acid groups (broad SMARTS) is 1. The van der Waals surface area contributed by atoms with E-state index < -0.39 is 17.6 Å². The highest BCUT2D eigenvalue weighted by molar-refractivity contribution is 6.30. The number of aromatic carboxylic acids is 1. The number of nitrogens with zero attached hydrogens (tertiary/aromatic N) is 1. The lowest BCUT2D eigenvalue weighted by atomic mass is 10.0. The van der Waals surface area contributed by atoms with Crippen molar-refractivity contribution < 1.29 is 23.5 Å². The van der Waals surface area contributed by atoms with E-state index in [2.05, 4.69) is 5.32 Å². The SMILES string of the molecule is O=C(O)c1ccc(CNC(=O)c2cc(-c3cc(F)cc(F)c3)cn3ccc(Cc4cccc(Cl)c4)c23)cc1. The maximum Gasteiger partial charge on any atom is 0.335 e. The number of benzene rings is 3. The normalized spacial score (nSPS) is 11.0. The number of amides is 1. The summed E-state index contributed by atoms with van der Waals surface area (Å²) >= 11 is 6.16. The molecule has 0 fully saturated rings. The van der Waals surface area contributed by atoms with Crippen molar-refractivity contribution in [3.05, 3.63) is 136 Å². The molecule has 8 heteroatoms. The number of pyridine rings is 1. The number of carbonyl (C=O) groups is 2. The van der Waals surface area contributed by atoms with Gasteiger partial charge in [0.2, 0.25) is 0 Å². The Morgan fingerprint density at radius 1 is 0.868 bits per heavy atom. The van der Waals surface area contributed by atoms with Gasteiger partial charge in [0.1, 0.15) is 11.6 Å². The van der Waals surface area contributed by atoms with Gasteiger partial charge in [-0.1, -0.05) is 35.9 Å². The molecule has 5 aromatic rings. The van der Waals surface area contributed by atoms with Gasteiger partial charge in [0.05, 0.1) is 16.6 Å². The summed E-state index contributed by atoms with van der Waals surface area (Å²) in [6.45, 7) is 0.161. The molecule has 3 aromatic carbocycles. The number of carbonyl (C=O) groups excluding carboxylic acids is 1. The van der Waals surface area contributed by atoms with Crippen LogP contribution in [-0.2, 0) is 13.0 Å². The van der Waals surface area contributed by atoms with E-state index in [1.54, 1.807) is 41.1 Å². The molecule has 0 aliphatic heterocycles. The van der Waals surface area contributed by atoms with Gasteiger partial charge >= 0.3 is 5.97 Å². The molecule has 0 saturated carbocycles. The first-order chi connectivity index (χ1) is 18.3. The summed E-state index contributed by atoms with van der Waals surface area (Å²) in [5.74, 6) is -2.86. The predicted molar refractivity (Wildman–Crippen MR) is 142 cm³/mol. The molecule has 0 aliphatic carbocycles. The van der Waals surface area contributed by atoms with Gasteiger partial charge in [0, 0.05) is 30.0 Å². The number of nitrogens with one attached hydrogen (secondary N) is 1. The highest BCUT2D eigenvalue weighted by Gasteiger charge is 2.18. The molecule has 2 aromatic heterocycles. The zero-order valence-electron chi connectivity index (χ0n) is 19.9. The Kier molecular flexibility index (Phi) is 6.94. The van der Waals surface area contributed by atoms with Crippen molar-refractivity contribution in [2.75, 3.05) is 0 Å². The zero-order valence-corrected chi connectivity index (χ0v) is 20.7. The molecule has 0 bridgehead atoms. The topological polar surface area (TPSA) is 70.8 Å². The molecule has 0 atom stereocenters. The van der Waals surface area contributed by atoms with Crippen molar-refractivity contribution in [2.24, 2.45) is 0 Å². The summed E-state index contributed by atoms with van der Waals surface area (Å²) in [6.07, 6.45) is 4.05. The second-order valence-corrected chi connectivity index (χ2v) is 9.33. The van der Waals surface area contributed by atoms with E-state index in [1.807, 2.05) is 24.3 Å². The number of rotatable bonds is 7. The first-order valence-electron chi connectivity index (χ1n) is 11.7. The summed E-state index contributed by atoms with van der Waals surface area (Å²) in [4.78, 5) is 24.6. The molecule has 38 heavy (non-hydrogen) atoms. The van der Waals surface area contributed by atoms with Crippen LogP contribution in [0.5, 0.6) is 0 Å². The molecule has 5 nitrogen and oxygen atoms in total. The second kappa shape index (κ2) is 10.5. The van der Waals surface area contributed by atoms with Gasteiger partial charge in [-0.2, -0.15) is 0 Å². The fourth-order valence-corrected chi connectivity index (χ4v) is 4.64. The van der Waals surface area contributed by atoms with Crippen molar-refractivity contribution >= 4 is 29.0 Å². The largest absolute Gasteiger partial charge is 0.478 e. The number of carboxylic acids is 1. The Bertz CT molecular complexity index is 1660. The number of hydrogen-bond donors (Lipinski definition) is 2. The predicted octanol–water partition coefficient (Wildman–Crippen LogP) is 6.76. The maximum atomic E-state index is 14.0. The molecule has 5 rings (SSSR count). The molecular formula is C30H21ClF2N2O3. The van der Waals surface area contributed by atoms with Crippen LogP contribution >= 0.6 is 11.6 Å². The third kappa shape index (κ3) is 5.43. The van der Waals surface area contributed by atoms with Gasteiger partial charge in [0.25, 0.3) is 5.91 Å². The average Bonchev–Trinajstić information content (AvgIpc) is 3.29. The van der Waals surface area contributed by atoms with Crippen LogP contribution in [0.3, 0.4) is 0 Å². The molecule has 0 aliphatic rings. The Hall–Kier alpha value is -4.49. The van der Waals surface area contributed by atoms with Crippen LogP contribution in [0.4, 0.5) is 8.78 Å². The van der Waals surface area contributed by atoms with Crippen LogP contribution in [0.15, 0.2) is 91.3 Å². The summed E-state index contributed by atoms with van der Waals surface area (Å²) in [5.41, 5.74) is 4.46. The van der Waals surface area contributed by atoms with Crippen molar-refractivity contribution in [3.8, 4) is 11.1 Å². The van der Waals surface area contributed by atoms with E-state index in [-0.39, 0.29) is 18.0 Å². The van der Waals surface area contributed by atoms with Crippen molar-refractivity contribution in [1.29, 1.82) is 0 Å². The zero-order chi connectivity index (χ0) is 26.8. The number of hydrogen-bond acceptors (Lipinski definition) is 2. The third-order valence-corrected chi connectivity index (χ3v) is 6.44. The molecule has 0 radical (unpaired) electrons. The van der Waals surface area contributed by atoms with Crippen LogP contribution in [0, 0.1) is 11.6 Å². The Morgan fingerprint density at radius 2 is 1.61 bits per heavy atom. The van der Waals surface area contributed by atoms with Crippen LogP contribution in [0.25, 0.3) is 16.6 Å². The minimum Gasteiger partial charge on any atom is -0.478 e. The highest BCUT2D eigenvalue weighted by atomic mass is 35.5. The smallest absolute Gasteiger partial charge is 0.335 e. The highest BCUT2D eigenvalue weighted by Crippen LogP contribution is 2.29. The number of fused-ring (bicyclic) bond motifs is 1. The minimum absolute atomic E-state index is 0.149. The molecule has 2 N–H and O–H groups in total.